The lowest BCUT2D eigenvalue weighted by Gasteiger charge is -2.29. The maximum absolute atomic E-state index is 12.4. The van der Waals surface area contributed by atoms with Crippen molar-refractivity contribution in [3.63, 3.8) is 0 Å². The van der Waals surface area contributed by atoms with Crippen molar-refractivity contribution >= 4 is 35.2 Å². The molecule has 8 heteroatoms. The van der Waals surface area contributed by atoms with E-state index in [-0.39, 0.29) is 10.0 Å². The minimum absolute atomic E-state index is 0.289. The van der Waals surface area contributed by atoms with Gasteiger partial charge in [0, 0.05) is 5.70 Å². The molecule has 6 nitrogen and oxygen atoms in total. The highest BCUT2D eigenvalue weighted by molar-refractivity contribution is 6.37. The van der Waals surface area contributed by atoms with Gasteiger partial charge in [0.1, 0.15) is 0 Å². The lowest BCUT2D eigenvalue weighted by Crippen LogP contribution is -2.45. The first-order valence-corrected chi connectivity index (χ1v) is 8.60. The third-order valence-electron chi connectivity index (χ3n) is 3.90. The molecule has 1 unspecified atom stereocenters. The van der Waals surface area contributed by atoms with Gasteiger partial charge in [-0.2, -0.15) is 0 Å². The number of allylic oxidation sites excluding steroid dienone is 1. The van der Waals surface area contributed by atoms with Gasteiger partial charge in [-0.1, -0.05) is 36.5 Å². The first-order valence-electron chi connectivity index (χ1n) is 7.84. The van der Waals surface area contributed by atoms with Crippen LogP contribution in [0.5, 0.6) is 5.75 Å². The molecule has 1 aliphatic rings. The summed E-state index contributed by atoms with van der Waals surface area (Å²) in [5.41, 5.74) is 1.46. The van der Waals surface area contributed by atoms with Crippen LogP contribution in [-0.2, 0) is 9.53 Å². The van der Waals surface area contributed by atoms with Crippen molar-refractivity contribution < 1.29 is 19.1 Å². The monoisotopic (exact) mass is 386 g/mol. The van der Waals surface area contributed by atoms with E-state index in [1.807, 2.05) is 6.92 Å². The summed E-state index contributed by atoms with van der Waals surface area (Å²) in [6, 6.07) is 2.12. The number of benzene rings is 1. The number of ether oxygens (including phenoxy) is 2. The zero-order valence-electron chi connectivity index (χ0n) is 14.2. The van der Waals surface area contributed by atoms with E-state index in [9.17, 15) is 9.59 Å². The summed E-state index contributed by atoms with van der Waals surface area (Å²) in [4.78, 5) is 24.4. The zero-order valence-corrected chi connectivity index (χ0v) is 15.8. The Morgan fingerprint density at radius 1 is 1.24 bits per heavy atom. The second kappa shape index (κ2) is 8.45. The number of hydrogen-bond acceptors (Lipinski definition) is 4. The van der Waals surface area contributed by atoms with E-state index in [2.05, 4.69) is 10.6 Å². The Labute approximate surface area is 156 Å². The van der Waals surface area contributed by atoms with Crippen LogP contribution in [0, 0.1) is 0 Å². The van der Waals surface area contributed by atoms with Gasteiger partial charge in [-0.05, 0) is 30.5 Å². The van der Waals surface area contributed by atoms with Crippen molar-refractivity contribution in [2.45, 2.75) is 32.2 Å². The van der Waals surface area contributed by atoms with Crippen molar-refractivity contribution in [3.05, 3.63) is 39.0 Å². The van der Waals surface area contributed by atoms with Gasteiger partial charge < -0.3 is 20.1 Å². The minimum atomic E-state index is -0.714. The summed E-state index contributed by atoms with van der Waals surface area (Å²) >= 11 is 12.4. The van der Waals surface area contributed by atoms with Crippen LogP contribution >= 0.6 is 23.2 Å². The van der Waals surface area contributed by atoms with Gasteiger partial charge in [0.25, 0.3) is 0 Å². The summed E-state index contributed by atoms with van der Waals surface area (Å²) < 4.78 is 10.1. The molecule has 25 heavy (non-hydrogen) atoms. The maximum Gasteiger partial charge on any atom is 0.337 e. The van der Waals surface area contributed by atoms with Crippen LogP contribution in [0.1, 0.15) is 37.8 Å². The molecular weight excluding hydrogens is 367 g/mol. The van der Waals surface area contributed by atoms with E-state index in [1.165, 1.54) is 14.2 Å². The second-order valence-electron chi connectivity index (χ2n) is 5.54. The lowest BCUT2D eigenvalue weighted by atomic mass is 9.93. The van der Waals surface area contributed by atoms with Crippen molar-refractivity contribution in [2.24, 2.45) is 0 Å². The standard InChI is InChI=1S/C17H20Cl2N2O4/c1-4-5-6-12-13(16(22)25-3)14(21-17(23)20-12)9-7-10(18)15(24-2)11(19)8-9/h7-8,14H,4-6H2,1-3H3,(H2,20,21,23). The number of carbonyl (C=O) groups is 2. The van der Waals surface area contributed by atoms with E-state index in [1.54, 1.807) is 12.1 Å². The first-order chi connectivity index (χ1) is 11.9. The quantitative estimate of drug-likeness (QED) is 0.725. The Morgan fingerprint density at radius 2 is 1.88 bits per heavy atom. The summed E-state index contributed by atoms with van der Waals surface area (Å²) in [5.74, 6) is -0.186. The largest absolute Gasteiger partial charge is 0.494 e. The third-order valence-corrected chi connectivity index (χ3v) is 4.46. The fraction of sp³-hybridized carbons (Fsp3) is 0.412. The fourth-order valence-corrected chi connectivity index (χ4v) is 3.37. The lowest BCUT2D eigenvalue weighted by molar-refractivity contribution is -0.136. The van der Waals surface area contributed by atoms with E-state index in [4.69, 9.17) is 32.7 Å². The molecule has 1 heterocycles. The molecule has 0 aliphatic carbocycles. The van der Waals surface area contributed by atoms with Gasteiger partial charge in [0.15, 0.2) is 5.75 Å². The molecule has 2 N–H and O–H groups in total. The molecule has 2 amide bonds. The highest BCUT2D eigenvalue weighted by atomic mass is 35.5. The molecule has 1 atom stereocenters. The summed E-state index contributed by atoms with van der Waals surface area (Å²) in [6.07, 6.45) is 2.31. The van der Waals surface area contributed by atoms with Crippen LogP contribution in [0.25, 0.3) is 0 Å². The molecule has 0 aromatic heterocycles. The molecule has 0 spiro atoms. The summed E-state index contributed by atoms with van der Waals surface area (Å²) in [5, 5.41) is 6.01. The van der Waals surface area contributed by atoms with E-state index in [0.29, 0.717) is 29.0 Å². The van der Waals surface area contributed by atoms with Crippen molar-refractivity contribution in [3.8, 4) is 5.75 Å². The van der Waals surface area contributed by atoms with E-state index >= 15 is 0 Å². The molecule has 0 saturated carbocycles. The van der Waals surface area contributed by atoms with Gasteiger partial charge in [0.2, 0.25) is 0 Å². The number of unbranched alkanes of at least 4 members (excludes halogenated alkanes) is 1. The van der Waals surface area contributed by atoms with Crippen LogP contribution in [-0.4, -0.2) is 26.2 Å². The number of hydrogen-bond donors (Lipinski definition) is 2. The van der Waals surface area contributed by atoms with E-state index in [0.717, 1.165) is 12.8 Å². The number of esters is 1. The topological polar surface area (TPSA) is 76.7 Å². The minimum Gasteiger partial charge on any atom is -0.494 e. The molecule has 1 aromatic rings. The van der Waals surface area contributed by atoms with Gasteiger partial charge in [-0.25, -0.2) is 9.59 Å². The molecule has 1 aliphatic heterocycles. The molecule has 136 valence electrons. The zero-order chi connectivity index (χ0) is 18.6. The number of nitrogens with one attached hydrogen (secondary N) is 2. The highest BCUT2D eigenvalue weighted by Crippen LogP contribution is 2.38. The Kier molecular flexibility index (Phi) is 6.56. The molecule has 0 bridgehead atoms. The van der Waals surface area contributed by atoms with E-state index < -0.39 is 18.0 Å². The average molecular weight is 387 g/mol. The normalized spacial score (nSPS) is 17.0. The van der Waals surface area contributed by atoms with Crippen molar-refractivity contribution in [1.82, 2.24) is 10.6 Å². The molecule has 1 aromatic carbocycles. The Bertz CT molecular complexity index is 696. The highest BCUT2D eigenvalue weighted by Gasteiger charge is 2.33. The Balaban J connectivity index is 2.56. The fourth-order valence-electron chi connectivity index (χ4n) is 2.71. The summed E-state index contributed by atoms with van der Waals surface area (Å²) in [7, 11) is 2.76. The molecule has 0 saturated heterocycles. The van der Waals surface area contributed by atoms with Crippen LogP contribution < -0.4 is 15.4 Å². The molecule has 0 radical (unpaired) electrons. The van der Waals surface area contributed by atoms with Gasteiger partial charge in [-0.15, -0.1) is 0 Å². The average Bonchev–Trinajstić information content (AvgIpc) is 2.58. The molecular formula is C17H20Cl2N2O4. The SMILES string of the molecule is CCCCC1=C(C(=O)OC)C(c2cc(Cl)c(OC)c(Cl)c2)NC(=O)N1. The smallest absolute Gasteiger partial charge is 0.337 e. The first kappa shape index (κ1) is 19.4. The summed E-state index contributed by atoms with van der Waals surface area (Å²) in [6.45, 7) is 2.03. The van der Waals surface area contributed by atoms with Crippen molar-refractivity contribution in [1.29, 1.82) is 0 Å². The molecule has 2 rings (SSSR count). The predicted octanol–water partition coefficient (Wildman–Crippen LogP) is 3.97. The second-order valence-corrected chi connectivity index (χ2v) is 6.35. The van der Waals surface area contributed by atoms with Crippen LogP contribution in [0.2, 0.25) is 10.0 Å². The van der Waals surface area contributed by atoms with Crippen LogP contribution in [0.4, 0.5) is 4.79 Å². The Hall–Kier alpha value is -1.92. The third kappa shape index (κ3) is 4.19. The number of urea groups is 1. The van der Waals surface area contributed by atoms with Crippen LogP contribution in [0.3, 0.4) is 0 Å². The van der Waals surface area contributed by atoms with Gasteiger partial charge in [-0.3, -0.25) is 0 Å². The van der Waals surface area contributed by atoms with Crippen LogP contribution in [0.15, 0.2) is 23.4 Å². The Morgan fingerprint density at radius 3 is 2.40 bits per heavy atom. The van der Waals surface area contributed by atoms with Gasteiger partial charge in [0.05, 0.1) is 35.9 Å². The predicted molar refractivity (Wildman–Crippen MR) is 96.0 cm³/mol. The number of methoxy groups -OCH3 is 2. The maximum atomic E-state index is 12.4. The van der Waals surface area contributed by atoms with Crippen molar-refractivity contribution in [2.75, 3.05) is 14.2 Å². The number of rotatable bonds is 6. The number of carbonyl (C=O) groups excluding carboxylic acids is 2. The van der Waals surface area contributed by atoms with Gasteiger partial charge >= 0.3 is 12.0 Å². The molecule has 0 fully saturated rings. The number of amides is 2. The number of halogens is 2.